The maximum Gasteiger partial charge on any atom is 0.118 e. The van der Waals surface area contributed by atoms with Crippen LogP contribution in [0.2, 0.25) is 5.02 Å². The van der Waals surface area contributed by atoms with Crippen LogP contribution in [0.15, 0.2) is 83.0 Å². The molecule has 6 heteroatoms. The minimum absolute atomic E-state index is 0.0839. The van der Waals surface area contributed by atoms with Gasteiger partial charge >= 0.3 is 0 Å². The molecule has 0 saturated heterocycles. The molecule has 0 aliphatic carbocycles. The molecule has 0 bridgehead atoms. The van der Waals surface area contributed by atoms with E-state index in [-0.39, 0.29) is 6.04 Å². The first-order valence-electron chi connectivity index (χ1n) is 9.28. The molecule has 3 aromatic rings. The van der Waals surface area contributed by atoms with Crippen molar-refractivity contribution in [2.75, 3.05) is 12.1 Å². The lowest BCUT2D eigenvalue weighted by Crippen LogP contribution is -2.18. The third kappa shape index (κ3) is 4.10. The van der Waals surface area contributed by atoms with Crippen LogP contribution in [0.4, 0.5) is 5.69 Å². The van der Waals surface area contributed by atoms with Crippen LogP contribution < -0.4 is 15.6 Å². The van der Waals surface area contributed by atoms with Gasteiger partial charge < -0.3 is 10.6 Å². The lowest BCUT2D eigenvalue weighted by molar-refractivity contribution is 0.414. The average molecular weight is 405 g/mol. The van der Waals surface area contributed by atoms with Crippen LogP contribution in [0.1, 0.15) is 29.2 Å². The van der Waals surface area contributed by atoms with E-state index in [4.69, 9.17) is 27.3 Å². The van der Waals surface area contributed by atoms with Gasteiger partial charge in [-0.25, -0.2) is 0 Å². The molecular formula is C23H21ClN4O. The standard InChI is InChI=1S/C23H21ClN4O/c1-29-21-12-6-18(7-13-21)23-14-22(17-4-8-19(24)9-5-17)27-28(23)20-10-2-16(3-11-20)15-26-25/h2-13,15,23H,14,25H2,1H3. The Labute approximate surface area is 175 Å². The third-order valence-electron chi connectivity index (χ3n) is 4.97. The van der Waals surface area contributed by atoms with Crippen molar-refractivity contribution in [2.45, 2.75) is 12.5 Å². The quantitative estimate of drug-likeness (QED) is 0.370. The Kier molecular flexibility index (Phi) is 5.49. The van der Waals surface area contributed by atoms with E-state index in [1.807, 2.05) is 60.7 Å². The van der Waals surface area contributed by atoms with E-state index in [9.17, 15) is 0 Å². The number of benzene rings is 3. The molecule has 1 heterocycles. The number of hydrogen-bond acceptors (Lipinski definition) is 5. The molecule has 29 heavy (non-hydrogen) atoms. The van der Waals surface area contributed by atoms with E-state index in [0.29, 0.717) is 5.02 Å². The number of methoxy groups -OCH3 is 1. The van der Waals surface area contributed by atoms with Gasteiger partial charge in [0, 0.05) is 11.4 Å². The Hall–Kier alpha value is -3.31. The molecule has 1 atom stereocenters. The number of rotatable bonds is 5. The molecule has 3 aromatic carbocycles. The molecule has 0 saturated carbocycles. The predicted octanol–water partition coefficient (Wildman–Crippen LogP) is 5.00. The number of halogens is 1. The Morgan fingerprint density at radius 2 is 1.72 bits per heavy atom. The summed E-state index contributed by atoms with van der Waals surface area (Å²) in [4.78, 5) is 0. The van der Waals surface area contributed by atoms with Gasteiger partial charge in [0.1, 0.15) is 5.75 Å². The lowest BCUT2D eigenvalue weighted by atomic mass is 9.98. The number of nitrogens with zero attached hydrogens (tertiary/aromatic N) is 3. The summed E-state index contributed by atoms with van der Waals surface area (Å²) in [5, 5.41) is 11.3. The van der Waals surface area contributed by atoms with Crippen LogP contribution >= 0.6 is 11.6 Å². The molecule has 0 amide bonds. The fraction of sp³-hybridized carbons (Fsp3) is 0.130. The van der Waals surface area contributed by atoms with Crippen LogP contribution in [-0.4, -0.2) is 19.0 Å². The zero-order chi connectivity index (χ0) is 20.2. The molecule has 146 valence electrons. The van der Waals surface area contributed by atoms with Crippen molar-refractivity contribution in [3.63, 3.8) is 0 Å². The second kappa shape index (κ2) is 8.37. The van der Waals surface area contributed by atoms with E-state index >= 15 is 0 Å². The first kappa shape index (κ1) is 19.0. The van der Waals surface area contributed by atoms with Gasteiger partial charge in [-0.3, -0.25) is 5.01 Å². The molecule has 5 nitrogen and oxygen atoms in total. The zero-order valence-electron chi connectivity index (χ0n) is 16.0. The number of anilines is 1. The van der Waals surface area contributed by atoms with Crippen molar-refractivity contribution in [3.05, 3.63) is 94.5 Å². The van der Waals surface area contributed by atoms with Gasteiger partial charge in [0.25, 0.3) is 0 Å². The molecule has 4 rings (SSSR count). The molecule has 0 aromatic heterocycles. The monoisotopic (exact) mass is 404 g/mol. The molecular weight excluding hydrogens is 384 g/mol. The van der Waals surface area contributed by atoms with Gasteiger partial charge in [0.05, 0.1) is 30.8 Å². The van der Waals surface area contributed by atoms with Crippen molar-refractivity contribution in [2.24, 2.45) is 16.0 Å². The highest BCUT2D eigenvalue weighted by molar-refractivity contribution is 6.30. The minimum Gasteiger partial charge on any atom is -0.497 e. The van der Waals surface area contributed by atoms with Crippen LogP contribution in [0.25, 0.3) is 0 Å². The van der Waals surface area contributed by atoms with Crippen molar-refractivity contribution in [3.8, 4) is 5.75 Å². The maximum absolute atomic E-state index is 6.05. The fourth-order valence-electron chi connectivity index (χ4n) is 3.45. The molecule has 0 radical (unpaired) electrons. The normalized spacial score (nSPS) is 16.3. The summed E-state index contributed by atoms with van der Waals surface area (Å²) < 4.78 is 5.30. The van der Waals surface area contributed by atoms with E-state index < -0.39 is 0 Å². The summed E-state index contributed by atoms with van der Waals surface area (Å²) in [6, 6.07) is 24.1. The van der Waals surface area contributed by atoms with Gasteiger partial charge in [-0.15, -0.1) is 0 Å². The Morgan fingerprint density at radius 3 is 2.34 bits per heavy atom. The second-order valence-electron chi connectivity index (χ2n) is 6.76. The summed E-state index contributed by atoms with van der Waals surface area (Å²) in [5.74, 6) is 6.09. The topological polar surface area (TPSA) is 63.2 Å². The number of nitrogens with two attached hydrogens (primary N) is 1. The van der Waals surface area contributed by atoms with Crippen molar-refractivity contribution in [1.29, 1.82) is 0 Å². The average Bonchev–Trinajstić information content (AvgIpc) is 3.20. The third-order valence-corrected chi connectivity index (χ3v) is 5.22. The SMILES string of the molecule is COc1ccc(C2CC(c3ccc(Cl)cc3)=NN2c2ccc(C=NN)cc2)cc1. The molecule has 1 unspecified atom stereocenters. The highest BCUT2D eigenvalue weighted by Crippen LogP contribution is 2.37. The summed E-state index contributed by atoms with van der Waals surface area (Å²) in [7, 11) is 1.67. The minimum atomic E-state index is 0.0839. The number of hydrogen-bond donors (Lipinski definition) is 1. The summed E-state index contributed by atoms with van der Waals surface area (Å²) in [6.07, 6.45) is 2.41. The van der Waals surface area contributed by atoms with Gasteiger partial charge in [-0.05, 0) is 53.1 Å². The summed E-state index contributed by atoms with van der Waals surface area (Å²) in [5.41, 5.74) is 5.21. The smallest absolute Gasteiger partial charge is 0.118 e. The van der Waals surface area contributed by atoms with Crippen LogP contribution in [-0.2, 0) is 0 Å². The van der Waals surface area contributed by atoms with E-state index in [1.165, 1.54) is 5.56 Å². The maximum atomic E-state index is 6.05. The molecule has 1 aliphatic rings. The summed E-state index contributed by atoms with van der Waals surface area (Å²) in [6.45, 7) is 0. The van der Waals surface area contributed by atoms with Gasteiger partial charge in [-0.1, -0.05) is 48.0 Å². The zero-order valence-corrected chi connectivity index (χ0v) is 16.8. The van der Waals surface area contributed by atoms with Crippen molar-refractivity contribution in [1.82, 2.24) is 0 Å². The van der Waals surface area contributed by atoms with Crippen LogP contribution in [0.3, 0.4) is 0 Å². The largest absolute Gasteiger partial charge is 0.497 e. The second-order valence-corrected chi connectivity index (χ2v) is 7.20. The van der Waals surface area contributed by atoms with Crippen molar-refractivity contribution >= 4 is 29.2 Å². The van der Waals surface area contributed by atoms with Crippen LogP contribution in [0, 0.1) is 0 Å². The first-order valence-corrected chi connectivity index (χ1v) is 9.65. The molecule has 2 N–H and O–H groups in total. The lowest BCUT2D eigenvalue weighted by Gasteiger charge is -2.24. The highest BCUT2D eigenvalue weighted by Gasteiger charge is 2.30. The van der Waals surface area contributed by atoms with Gasteiger partial charge in [0.15, 0.2) is 0 Å². The molecule has 0 spiro atoms. The number of hydrazone groups is 2. The Balaban J connectivity index is 1.71. The van der Waals surface area contributed by atoms with Crippen LogP contribution in [0.5, 0.6) is 5.75 Å². The fourth-order valence-corrected chi connectivity index (χ4v) is 3.58. The van der Waals surface area contributed by atoms with Gasteiger partial charge in [0.2, 0.25) is 0 Å². The van der Waals surface area contributed by atoms with Gasteiger partial charge in [-0.2, -0.15) is 10.2 Å². The number of ether oxygens (including phenoxy) is 1. The van der Waals surface area contributed by atoms with Crippen molar-refractivity contribution < 1.29 is 4.74 Å². The van der Waals surface area contributed by atoms with E-state index in [1.54, 1.807) is 13.3 Å². The predicted molar refractivity (Wildman–Crippen MR) is 119 cm³/mol. The van der Waals surface area contributed by atoms with E-state index in [0.717, 1.165) is 34.7 Å². The Morgan fingerprint density at radius 1 is 1.03 bits per heavy atom. The first-order chi connectivity index (χ1) is 14.2. The molecule has 1 aliphatic heterocycles. The Bertz CT molecular complexity index is 1030. The molecule has 0 fully saturated rings. The highest BCUT2D eigenvalue weighted by atomic mass is 35.5. The van der Waals surface area contributed by atoms with E-state index in [2.05, 4.69) is 22.2 Å². The summed E-state index contributed by atoms with van der Waals surface area (Å²) >= 11 is 6.05.